The van der Waals surface area contributed by atoms with E-state index in [1.54, 1.807) is 62.4 Å². The Bertz CT molecular complexity index is 1290. The van der Waals surface area contributed by atoms with E-state index in [9.17, 15) is 14.4 Å². The summed E-state index contributed by atoms with van der Waals surface area (Å²) in [6.45, 7) is 3.31. The largest absolute Gasteiger partial charge is 0.452 e. The molecule has 1 saturated heterocycles. The Labute approximate surface area is 200 Å². The van der Waals surface area contributed by atoms with Crippen LogP contribution < -0.4 is 4.90 Å². The number of amides is 2. The summed E-state index contributed by atoms with van der Waals surface area (Å²) in [5.74, 6) is -0.879. The summed E-state index contributed by atoms with van der Waals surface area (Å²) in [5, 5.41) is 4.50. The molecule has 0 aliphatic carbocycles. The van der Waals surface area contributed by atoms with Crippen molar-refractivity contribution in [3.8, 4) is 11.4 Å². The van der Waals surface area contributed by atoms with E-state index >= 15 is 0 Å². The number of anilines is 1. The predicted octanol–water partition coefficient (Wildman–Crippen LogP) is 3.82. The Balaban J connectivity index is 1.45. The molecule has 1 fully saturated rings. The van der Waals surface area contributed by atoms with Gasteiger partial charge in [0.1, 0.15) is 0 Å². The third-order valence-corrected chi connectivity index (χ3v) is 6.29. The molecule has 2 aliphatic heterocycles. The highest BCUT2D eigenvalue weighted by Gasteiger charge is 2.62. The molecule has 0 saturated carbocycles. The van der Waals surface area contributed by atoms with Gasteiger partial charge >= 0.3 is 5.97 Å². The van der Waals surface area contributed by atoms with Crippen molar-refractivity contribution in [1.82, 2.24) is 15.0 Å². The molecule has 5 rings (SSSR count). The average Bonchev–Trinajstić information content (AvgIpc) is 3.43. The Morgan fingerprint density at radius 1 is 1.18 bits per heavy atom. The number of aromatic nitrogens is 2. The van der Waals surface area contributed by atoms with Crippen LogP contribution in [0.2, 0.25) is 5.02 Å². The number of nitrogens with zero attached hydrogens (tertiary/aromatic N) is 4. The second-order valence-electron chi connectivity index (χ2n) is 8.43. The molecule has 0 spiro atoms. The third-order valence-electron chi connectivity index (χ3n) is 6.04. The van der Waals surface area contributed by atoms with E-state index in [-0.39, 0.29) is 43.2 Å². The van der Waals surface area contributed by atoms with Crippen LogP contribution in [0, 0.1) is 0 Å². The highest BCUT2D eigenvalue weighted by Crippen LogP contribution is 2.46. The van der Waals surface area contributed by atoms with Gasteiger partial charge < -0.3 is 14.2 Å². The minimum Gasteiger partial charge on any atom is -0.452 e. The fourth-order valence-corrected chi connectivity index (χ4v) is 4.77. The maximum Gasteiger partial charge on any atom is 0.354 e. The summed E-state index contributed by atoms with van der Waals surface area (Å²) in [6.07, 6.45) is 0.240. The van der Waals surface area contributed by atoms with Crippen LogP contribution in [0.15, 0.2) is 53.1 Å². The van der Waals surface area contributed by atoms with E-state index in [1.165, 1.54) is 9.80 Å². The maximum atomic E-state index is 13.6. The van der Waals surface area contributed by atoms with Gasteiger partial charge in [-0.3, -0.25) is 14.5 Å². The summed E-state index contributed by atoms with van der Waals surface area (Å²) in [7, 11) is 0. The molecule has 34 heavy (non-hydrogen) atoms. The van der Waals surface area contributed by atoms with E-state index in [2.05, 4.69) is 10.1 Å². The van der Waals surface area contributed by atoms with E-state index in [4.69, 9.17) is 20.9 Å². The summed E-state index contributed by atoms with van der Waals surface area (Å²) in [5.41, 5.74) is -0.0983. The van der Waals surface area contributed by atoms with Crippen LogP contribution in [-0.2, 0) is 20.9 Å². The standard InChI is InChI=1S/C24H21ClN4O5/c1-14(2)28-22(31)17-5-3-4-6-18(17)29-20(30)11-12-24(28,29)23(32)33-13-19-26-21(27-34-19)15-7-9-16(25)10-8-15/h3-10,14H,11-13H2,1-2H3. The van der Waals surface area contributed by atoms with Crippen LogP contribution >= 0.6 is 11.6 Å². The van der Waals surface area contributed by atoms with Gasteiger partial charge in [-0.05, 0) is 50.2 Å². The molecule has 2 amide bonds. The van der Waals surface area contributed by atoms with Gasteiger partial charge in [-0.15, -0.1) is 0 Å². The smallest absolute Gasteiger partial charge is 0.354 e. The van der Waals surface area contributed by atoms with Gasteiger partial charge in [0.25, 0.3) is 11.8 Å². The molecule has 1 aromatic heterocycles. The lowest BCUT2D eigenvalue weighted by atomic mass is 9.95. The third kappa shape index (κ3) is 3.35. The molecule has 174 valence electrons. The SMILES string of the molecule is CC(C)N1C(=O)c2ccccc2N2C(=O)CCC21C(=O)OCc1nc(-c2ccc(Cl)cc2)no1. The number of carbonyl (C=O) groups is 3. The fourth-order valence-electron chi connectivity index (χ4n) is 4.65. The number of hydrogen-bond acceptors (Lipinski definition) is 7. The molecular weight excluding hydrogens is 460 g/mol. The normalized spacial score (nSPS) is 19.4. The van der Waals surface area contributed by atoms with Crippen molar-refractivity contribution in [3.63, 3.8) is 0 Å². The van der Waals surface area contributed by atoms with Crippen LogP contribution in [-0.4, -0.2) is 44.5 Å². The summed E-state index contributed by atoms with van der Waals surface area (Å²) >= 11 is 5.91. The van der Waals surface area contributed by atoms with E-state index in [0.717, 1.165) is 0 Å². The highest BCUT2D eigenvalue weighted by atomic mass is 35.5. The van der Waals surface area contributed by atoms with Crippen molar-refractivity contribution < 1.29 is 23.6 Å². The van der Waals surface area contributed by atoms with Gasteiger partial charge in [-0.25, -0.2) is 4.79 Å². The van der Waals surface area contributed by atoms with E-state index in [0.29, 0.717) is 27.7 Å². The van der Waals surface area contributed by atoms with Crippen LogP contribution in [0.4, 0.5) is 5.69 Å². The molecule has 1 atom stereocenters. The van der Waals surface area contributed by atoms with E-state index < -0.39 is 11.6 Å². The number of rotatable bonds is 5. The molecule has 0 bridgehead atoms. The number of ether oxygens (including phenoxy) is 1. The zero-order chi connectivity index (χ0) is 24.0. The maximum absolute atomic E-state index is 13.6. The fraction of sp³-hybridized carbons (Fsp3) is 0.292. The number of para-hydroxylation sites is 1. The number of hydrogen-bond donors (Lipinski definition) is 0. The number of carbonyl (C=O) groups excluding carboxylic acids is 3. The summed E-state index contributed by atoms with van der Waals surface area (Å²) in [6, 6.07) is 13.3. The number of halogens is 1. The number of esters is 1. The van der Waals surface area contributed by atoms with Crippen LogP contribution in [0.1, 0.15) is 42.9 Å². The Morgan fingerprint density at radius 2 is 1.91 bits per heavy atom. The minimum absolute atomic E-state index is 0.0872. The molecule has 2 aliphatic rings. The molecular formula is C24H21ClN4O5. The first-order valence-corrected chi connectivity index (χ1v) is 11.2. The zero-order valence-electron chi connectivity index (χ0n) is 18.5. The second-order valence-corrected chi connectivity index (χ2v) is 8.86. The van der Waals surface area contributed by atoms with Gasteiger partial charge in [0.15, 0.2) is 6.61 Å². The molecule has 0 N–H and O–H groups in total. The minimum atomic E-state index is -1.57. The average molecular weight is 481 g/mol. The molecule has 3 aromatic rings. The van der Waals surface area contributed by atoms with Crippen LogP contribution in [0.3, 0.4) is 0 Å². The Morgan fingerprint density at radius 3 is 2.65 bits per heavy atom. The summed E-state index contributed by atoms with van der Waals surface area (Å²) < 4.78 is 10.8. The van der Waals surface area contributed by atoms with Gasteiger partial charge in [0.2, 0.25) is 17.4 Å². The van der Waals surface area contributed by atoms with Crippen molar-refractivity contribution >= 4 is 35.1 Å². The van der Waals surface area contributed by atoms with E-state index in [1.807, 2.05) is 0 Å². The lowest BCUT2D eigenvalue weighted by Crippen LogP contribution is -2.70. The Kier molecular flexibility index (Phi) is 5.36. The lowest BCUT2D eigenvalue weighted by Gasteiger charge is -2.50. The first-order chi connectivity index (χ1) is 16.3. The quantitative estimate of drug-likeness (QED) is 0.511. The van der Waals surface area contributed by atoms with Crippen molar-refractivity contribution in [1.29, 1.82) is 0 Å². The molecule has 1 unspecified atom stereocenters. The molecule has 0 radical (unpaired) electrons. The number of fused-ring (bicyclic) bond motifs is 3. The van der Waals surface area contributed by atoms with Gasteiger partial charge in [0.05, 0.1) is 11.3 Å². The molecule has 10 heteroatoms. The molecule has 2 aromatic carbocycles. The van der Waals surface area contributed by atoms with Gasteiger partial charge in [-0.1, -0.05) is 28.9 Å². The van der Waals surface area contributed by atoms with Crippen molar-refractivity contribution in [2.45, 2.75) is 45.0 Å². The summed E-state index contributed by atoms with van der Waals surface area (Å²) in [4.78, 5) is 47.1. The van der Waals surface area contributed by atoms with Crippen molar-refractivity contribution in [3.05, 3.63) is 65.0 Å². The number of benzene rings is 2. The monoisotopic (exact) mass is 480 g/mol. The highest BCUT2D eigenvalue weighted by molar-refractivity contribution is 6.30. The second kappa shape index (κ2) is 8.25. The van der Waals surface area contributed by atoms with Crippen molar-refractivity contribution in [2.24, 2.45) is 0 Å². The first kappa shape index (κ1) is 22.1. The predicted molar refractivity (Wildman–Crippen MR) is 122 cm³/mol. The van der Waals surface area contributed by atoms with Gasteiger partial charge in [-0.2, -0.15) is 4.98 Å². The van der Waals surface area contributed by atoms with Gasteiger partial charge in [0, 0.05) is 29.5 Å². The lowest BCUT2D eigenvalue weighted by molar-refractivity contribution is -0.160. The zero-order valence-corrected chi connectivity index (χ0v) is 19.3. The van der Waals surface area contributed by atoms with Crippen LogP contribution in [0.25, 0.3) is 11.4 Å². The van der Waals surface area contributed by atoms with Crippen LogP contribution in [0.5, 0.6) is 0 Å². The topological polar surface area (TPSA) is 106 Å². The molecule has 9 nitrogen and oxygen atoms in total. The Hall–Kier alpha value is -3.72. The molecule has 3 heterocycles. The first-order valence-electron chi connectivity index (χ1n) is 10.8. The van der Waals surface area contributed by atoms with Crippen molar-refractivity contribution in [2.75, 3.05) is 4.90 Å².